The topological polar surface area (TPSA) is 110 Å². The standard InChI is InChI=1S/C14H18N4O3/c1-7(2)11(13(20)21-3)17-14-16-10-5-4-8(15)6-9(10)12(19)18-14/h4-7,11H,15H2,1-3H3,(H2,16,17,18,19). The average molecular weight is 290 g/mol. The van der Waals surface area contributed by atoms with Crippen LogP contribution in [0.4, 0.5) is 11.6 Å². The smallest absolute Gasteiger partial charge is 0.328 e. The summed E-state index contributed by atoms with van der Waals surface area (Å²) in [5, 5.41) is 3.31. The molecule has 1 unspecified atom stereocenters. The molecule has 1 aromatic heterocycles. The molecule has 0 saturated heterocycles. The van der Waals surface area contributed by atoms with Crippen molar-refractivity contribution < 1.29 is 9.53 Å². The van der Waals surface area contributed by atoms with E-state index in [2.05, 4.69) is 15.3 Å². The van der Waals surface area contributed by atoms with Crippen LogP contribution in [0.3, 0.4) is 0 Å². The Labute approximate surface area is 121 Å². The molecule has 2 rings (SSSR count). The van der Waals surface area contributed by atoms with Crippen LogP contribution in [-0.2, 0) is 9.53 Å². The molecular weight excluding hydrogens is 272 g/mol. The molecule has 7 heteroatoms. The Morgan fingerprint density at radius 2 is 2.14 bits per heavy atom. The highest BCUT2D eigenvalue weighted by Gasteiger charge is 2.23. The number of hydrogen-bond acceptors (Lipinski definition) is 6. The third-order valence-electron chi connectivity index (χ3n) is 3.14. The zero-order chi connectivity index (χ0) is 15.6. The van der Waals surface area contributed by atoms with Crippen LogP contribution in [0.25, 0.3) is 10.9 Å². The number of nitrogens with zero attached hydrogens (tertiary/aromatic N) is 1. The van der Waals surface area contributed by atoms with Gasteiger partial charge in [0.25, 0.3) is 5.56 Å². The highest BCUT2D eigenvalue weighted by atomic mass is 16.5. The van der Waals surface area contributed by atoms with Gasteiger partial charge in [-0.2, -0.15) is 0 Å². The number of H-pyrrole nitrogens is 1. The zero-order valence-electron chi connectivity index (χ0n) is 12.1. The Morgan fingerprint density at radius 1 is 1.43 bits per heavy atom. The first-order valence-electron chi connectivity index (χ1n) is 6.56. The number of benzene rings is 1. The number of nitrogen functional groups attached to an aromatic ring is 1. The quantitative estimate of drug-likeness (QED) is 0.575. The SMILES string of the molecule is COC(=O)C(Nc1nc2ccc(N)cc2c(=O)[nH]1)C(C)C. The van der Waals surface area contributed by atoms with E-state index in [1.807, 2.05) is 13.8 Å². The number of carbonyl (C=O) groups excluding carboxylic acids is 1. The molecule has 0 bridgehead atoms. The number of carbonyl (C=O) groups is 1. The van der Waals surface area contributed by atoms with Crippen LogP contribution >= 0.6 is 0 Å². The Balaban J connectivity index is 2.41. The maximum atomic E-state index is 12.0. The number of aromatic amines is 1. The second kappa shape index (κ2) is 5.82. The second-order valence-corrected chi connectivity index (χ2v) is 5.08. The van der Waals surface area contributed by atoms with Crippen molar-refractivity contribution in [3.63, 3.8) is 0 Å². The third kappa shape index (κ3) is 3.13. The van der Waals surface area contributed by atoms with Crippen LogP contribution in [0.5, 0.6) is 0 Å². The molecule has 4 N–H and O–H groups in total. The summed E-state index contributed by atoms with van der Waals surface area (Å²) in [6, 6.07) is 4.29. The summed E-state index contributed by atoms with van der Waals surface area (Å²) in [6.07, 6.45) is 0. The number of rotatable bonds is 4. The van der Waals surface area contributed by atoms with Gasteiger partial charge in [-0.1, -0.05) is 13.8 Å². The monoisotopic (exact) mass is 290 g/mol. The summed E-state index contributed by atoms with van der Waals surface area (Å²) in [5.74, 6) is -0.212. The van der Waals surface area contributed by atoms with Gasteiger partial charge in [-0.3, -0.25) is 9.78 Å². The molecular formula is C14H18N4O3. The maximum Gasteiger partial charge on any atom is 0.328 e. The van der Waals surface area contributed by atoms with E-state index >= 15 is 0 Å². The number of aromatic nitrogens is 2. The molecule has 1 aromatic carbocycles. The van der Waals surface area contributed by atoms with E-state index < -0.39 is 12.0 Å². The number of nitrogens with two attached hydrogens (primary N) is 1. The minimum Gasteiger partial charge on any atom is -0.467 e. The Kier molecular flexibility index (Phi) is 4.11. The van der Waals surface area contributed by atoms with E-state index in [1.54, 1.807) is 18.2 Å². The normalized spacial score (nSPS) is 12.4. The van der Waals surface area contributed by atoms with Gasteiger partial charge >= 0.3 is 5.97 Å². The first-order valence-corrected chi connectivity index (χ1v) is 6.56. The molecule has 0 saturated carbocycles. The van der Waals surface area contributed by atoms with Gasteiger partial charge < -0.3 is 15.8 Å². The summed E-state index contributed by atoms with van der Waals surface area (Å²) in [6.45, 7) is 3.74. The number of hydrogen-bond donors (Lipinski definition) is 3. The molecule has 112 valence electrons. The molecule has 0 aliphatic heterocycles. The van der Waals surface area contributed by atoms with Crippen molar-refractivity contribution in [2.75, 3.05) is 18.2 Å². The van der Waals surface area contributed by atoms with Crippen molar-refractivity contribution in [1.29, 1.82) is 0 Å². The van der Waals surface area contributed by atoms with E-state index in [0.717, 1.165) is 0 Å². The summed E-state index contributed by atoms with van der Waals surface area (Å²) in [4.78, 5) is 30.7. The van der Waals surface area contributed by atoms with Crippen LogP contribution in [0, 0.1) is 5.92 Å². The fourth-order valence-corrected chi connectivity index (χ4v) is 2.00. The molecule has 1 heterocycles. The molecule has 0 amide bonds. The van der Waals surface area contributed by atoms with Crippen LogP contribution in [-0.4, -0.2) is 29.1 Å². The van der Waals surface area contributed by atoms with Gasteiger partial charge in [0, 0.05) is 5.69 Å². The number of fused-ring (bicyclic) bond motifs is 1. The molecule has 0 radical (unpaired) electrons. The molecule has 0 aliphatic rings. The number of esters is 1. The van der Waals surface area contributed by atoms with E-state index in [-0.39, 0.29) is 17.4 Å². The lowest BCUT2D eigenvalue weighted by Crippen LogP contribution is -2.36. The van der Waals surface area contributed by atoms with Crippen molar-refractivity contribution in [2.24, 2.45) is 5.92 Å². The van der Waals surface area contributed by atoms with Crippen LogP contribution < -0.4 is 16.6 Å². The number of anilines is 2. The summed E-state index contributed by atoms with van der Waals surface area (Å²) < 4.78 is 4.74. The molecule has 1 atom stereocenters. The average Bonchev–Trinajstić information content (AvgIpc) is 2.44. The number of ether oxygens (including phenoxy) is 1. The number of nitrogens with one attached hydrogen (secondary N) is 2. The predicted octanol–water partition coefficient (Wildman–Crippen LogP) is 1.11. The zero-order valence-corrected chi connectivity index (χ0v) is 12.1. The van der Waals surface area contributed by atoms with Crippen molar-refractivity contribution in [3.05, 3.63) is 28.6 Å². The predicted molar refractivity (Wildman–Crippen MR) is 81.0 cm³/mol. The molecule has 0 fully saturated rings. The Bertz CT molecular complexity index is 724. The van der Waals surface area contributed by atoms with Gasteiger partial charge in [-0.25, -0.2) is 9.78 Å². The van der Waals surface area contributed by atoms with Gasteiger partial charge in [0.1, 0.15) is 6.04 Å². The van der Waals surface area contributed by atoms with Crippen molar-refractivity contribution in [3.8, 4) is 0 Å². The molecule has 0 spiro atoms. The van der Waals surface area contributed by atoms with E-state index in [9.17, 15) is 9.59 Å². The van der Waals surface area contributed by atoms with Crippen molar-refractivity contribution in [1.82, 2.24) is 9.97 Å². The van der Waals surface area contributed by atoms with Gasteiger partial charge in [0.15, 0.2) is 0 Å². The Morgan fingerprint density at radius 3 is 2.76 bits per heavy atom. The minimum atomic E-state index is -0.593. The summed E-state index contributed by atoms with van der Waals surface area (Å²) in [7, 11) is 1.32. The lowest BCUT2D eigenvalue weighted by atomic mass is 10.1. The highest BCUT2D eigenvalue weighted by molar-refractivity contribution is 5.83. The van der Waals surface area contributed by atoms with E-state index in [0.29, 0.717) is 16.6 Å². The van der Waals surface area contributed by atoms with Gasteiger partial charge in [-0.05, 0) is 24.1 Å². The summed E-state index contributed by atoms with van der Waals surface area (Å²) in [5.41, 5.74) is 6.33. The molecule has 0 aliphatic carbocycles. The fraction of sp³-hybridized carbons (Fsp3) is 0.357. The van der Waals surface area contributed by atoms with Crippen molar-refractivity contribution >= 4 is 28.5 Å². The van der Waals surface area contributed by atoms with Crippen molar-refractivity contribution in [2.45, 2.75) is 19.9 Å². The highest BCUT2D eigenvalue weighted by Crippen LogP contribution is 2.15. The minimum absolute atomic E-state index is 0.0233. The van der Waals surface area contributed by atoms with Gasteiger partial charge in [-0.15, -0.1) is 0 Å². The Hall–Kier alpha value is -2.57. The van der Waals surface area contributed by atoms with Crippen LogP contribution in [0.2, 0.25) is 0 Å². The van der Waals surface area contributed by atoms with E-state index in [1.165, 1.54) is 7.11 Å². The van der Waals surface area contributed by atoms with Crippen LogP contribution in [0.15, 0.2) is 23.0 Å². The molecule has 21 heavy (non-hydrogen) atoms. The second-order valence-electron chi connectivity index (χ2n) is 5.08. The lowest BCUT2D eigenvalue weighted by molar-refractivity contribution is -0.142. The first kappa shape index (κ1) is 14.8. The first-order chi connectivity index (χ1) is 9.92. The molecule has 2 aromatic rings. The molecule has 7 nitrogen and oxygen atoms in total. The maximum absolute atomic E-state index is 12.0. The number of methoxy groups -OCH3 is 1. The largest absolute Gasteiger partial charge is 0.467 e. The lowest BCUT2D eigenvalue weighted by Gasteiger charge is -2.20. The van der Waals surface area contributed by atoms with Gasteiger partial charge in [0.05, 0.1) is 18.0 Å². The van der Waals surface area contributed by atoms with Crippen LogP contribution in [0.1, 0.15) is 13.8 Å². The third-order valence-corrected chi connectivity index (χ3v) is 3.14. The summed E-state index contributed by atoms with van der Waals surface area (Å²) >= 11 is 0. The van der Waals surface area contributed by atoms with E-state index in [4.69, 9.17) is 10.5 Å². The van der Waals surface area contributed by atoms with Gasteiger partial charge in [0.2, 0.25) is 5.95 Å². The fourth-order valence-electron chi connectivity index (χ4n) is 2.00.